The molecule has 3 rings (SSSR count). The third kappa shape index (κ3) is 3.12. The SMILES string of the molecule is CCNC(=NCc1ccccc1)NC1CC2CCC1O2. The van der Waals surface area contributed by atoms with Crippen molar-refractivity contribution >= 4 is 5.96 Å². The maximum Gasteiger partial charge on any atom is 0.191 e. The van der Waals surface area contributed by atoms with E-state index >= 15 is 0 Å². The summed E-state index contributed by atoms with van der Waals surface area (Å²) in [5.41, 5.74) is 1.23. The minimum Gasteiger partial charge on any atom is -0.373 e. The van der Waals surface area contributed by atoms with Gasteiger partial charge >= 0.3 is 0 Å². The van der Waals surface area contributed by atoms with Crippen molar-refractivity contribution in [3.63, 3.8) is 0 Å². The van der Waals surface area contributed by atoms with Crippen LogP contribution in [0.2, 0.25) is 0 Å². The molecule has 0 amide bonds. The monoisotopic (exact) mass is 273 g/mol. The van der Waals surface area contributed by atoms with Crippen LogP contribution in [0.4, 0.5) is 0 Å². The molecule has 2 aliphatic rings. The van der Waals surface area contributed by atoms with Crippen LogP contribution >= 0.6 is 0 Å². The molecular weight excluding hydrogens is 250 g/mol. The molecule has 2 saturated heterocycles. The largest absolute Gasteiger partial charge is 0.373 e. The minimum atomic E-state index is 0.376. The van der Waals surface area contributed by atoms with Crippen molar-refractivity contribution in [2.45, 2.75) is 51.0 Å². The second-order valence-electron chi connectivity index (χ2n) is 5.54. The quantitative estimate of drug-likeness (QED) is 0.652. The van der Waals surface area contributed by atoms with Crippen LogP contribution in [0.1, 0.15) is 31.7 Å². The highest BCUT2D eigenvalue weighted by molar-refractivity contribution is 5.80. The van der Waals surface area contributed by atoms with Crippen LogP contribution in [0.15, 0.2) is 35.3 Å². The molecule has 108 valence electrons. The maximum absolute atomic E-state index is 5.88. The molecule has 0 radical (unpaired) electrons. The zero-order valence-corrected chi connectivity index (χ0v) is 12.0. The lowest BCUT2D eigenvalue weighted by molar-refractivity contribution is 0.0992. The zero-order valence-electron chi connectivity index (χ0n) is 12.0. The van der Waals surface area contributed by atoms with Crippen molar-refractivity contribution in [2.24, 2.45) is 4.99 Å². The molecule has 2 N–H and O–H groups in total. The van der Waals surface area contributed by atoms with Gasteiger partial charge in [-0.15, -0.1) is 0 Å². The standard InChI is InChI=1S/C16H23N3O/c1-2-17-16(18-11-12-6-4-3-5-7-12)19-14-10-13-8-9-15(14)20-13/h3-7,13-15H,2,8-11H2,1H3,(H2,17,18,19). The predicted molar refractivity (Wildman–Crippen MR) is 80.7 cm³/mol. The lowest BCUT2D eigenvalue weighted by Gasteiger charge is -2.22. The van der Waals surface area contributed by atoms with Crippen LogP contribution in [0.25, 0.3) is 0 Å². The number of rotatable bonds is 4. The number of ether oxygens (including phenoxy) is 1. The van der Waals surface area contributed by atoms with Gasteiger partial charge in [0, 0.05) is 6.54 Å². The van der Waals surface area contributed by atoms with E-state index < -0.39 is 0 Å². The maximum atomic E-state index is 5.88. The molecule has 1 aromatic carbocycles. The number of hydrogen-bond acceptors (Lipinski definition) is 2. The van der Waals surface area contributed by atoms with E-state index in [0.717, 1.165) is 18.9 Å². The van der Waals surface area contributed by atoms with Crippen LogP contribution < -0.4 is 10.6 Å². The molecule has 4 nitrogen and oxygen atoms in total. The molecule has 4 heteroatoms. The van der Waals surface area contributed by atoms with Gasteiger partial charge in [-0.25, -0.2) is 4.99 Å². The Hall–Kier alpha value is -1.55. The number of hydrogen-bond donors (Lipinski definition) is 2. The first-order valence-electron chi connectivity index (χ1n) is 7.59. The minimum absolute atomic E-state index is 0.376. The fourth-order valence-electron chi connectivity index (χ4n) is 3.04. The highest BCUT2D eigenvalue weighted by Crippen LogP contribution is 2.34. The summed E-state index contributed by atoms with van der Waals surface area (Å²) in [6.07, 6.45) is 4.36. The Morgan fingerprint density at radius 3 is 2.80 bits per heavy atom. The normalized spacial score (nSPS) is 28.6. The molecule has 3 unspecified atom stereocenters. The van der Waals surface area contributed by atoms with Gasteiger partial charge in [-0.1, -0.05) is 30.3 Å². The number of benzene rings is 1. The number of fused-ring (bicyclic) bond motifs is 2. The van der Waals surface area contributed by atoms with E-state index in [0.29, 0.717) is 24.8 Å². The van der Waals surface area contributed by atoms with Gasteiger partial charge in [-0.05, 0) is 31.7 Å². The smallest absolute Gasteiger partial charge is 0.191 e. The molecule has 2 heterocycles. The molecule has 0 spiro atoms. The third-order valence-corrected chi connectivity index (χ3v) is 4.03. The van der Waals surface area contributed by atoms with Crippen molar-refractivity contribution in [1.82, 2.24) is 10.6 Å². The average molecular weight is 273 g/mol. The number of nitrogens with zero attached hydrogens (tertiary/aromatic N) is 1. The topological polar surface area (TPSA) is 45.7 Å². The zero-order chi connectivity index (χ0) is 13.8. The van der Waals surface area contributed by atoms with E-state index in [4.69, 9.17) is 4.74 Å². The van der Waals surface area contributed by atoms with E-state index in [1.54, 1.807) is 0 Å². The summed E-state index contributed by atoms with van der Waals surface area (Å²) in [6, 6.07) is 10.8. The van der Waals surface area contributed by atoms with Gasteiger partial charge in [0.05, 0.1) is 24.8 Å². The molecule has 3 atom stereocenters. The molecule has 0 aliphatic carbocycles. The Morgan fingerprint density at radius 2 is 2.15 bits per heavy atom. The van der Waals surface area contributed by atoms with E-state index in [1.165, 1.54) is 18.4 Å². The molecule has 20 heavy (non-hydrogen) atoms. The molecule has 2 aliphatic heterocycles. The summed E-state index contributed by atoms with van der Waals surface area (Å²) in [5, 5.41) is 6.85. The van der Waals surface area contributed by atoms with Gasteiger partial charge in [0.2, 0.25) is 0 Å². The highest BCUT2D eigenvalue weighted by atomic mass is 16.5. The van der Waals surface area contributed by atoms with Crippen LogP contribution in [0.3, 0.4) is 0 Å². The number of guanidine groups is 1. The molecule has 0 aromatic heterocycles. The van der Waals surface area contributed by atoms with Gasteiger partial charge in [0.15, 0.2) is 5.96 Å². The van der Waals surface area contributed by atoms with E-state index in [9.17, 15) is 0 Å². The Bertz CT molecular complexity index is 460. The predicted octanol–water partition coefficient (Wildman–Crippen LogP) is 2.06. The Balaban J connectivity index is 1.60. The van der Waals surface area contributed by atoms with Crippen LogP contribution in [0, 0.1) is 0 Å². The Morgan fingerprint density at radius 1 is 1.30 bits per heavy atom. The first-order chi connectivity index (χ1) is 9.85. The second-order valence-corrected chi connectivity index (χ2v) is 5.54. The van der Waals surface area contributed by atoms with Crippen LogP contribution in [-0.4, -0.2) is 30.8 Å². The summed E-state index contributed by atoms with van der Waals surface area (Å²) in [7, 11) is 0. The van der Waals surface area contributed by atoms with Crippen LogP contribution in [0.5, 0.6) is 0 Å². The highest BCUT2D eigenvalue weighted by Gasteiger charge is 2.41. The number of nitrogens with one attached hydrogen (secondary N) is 2. The van der Waals surface area contributed by atoms with E-state index in [2.05, 4.69) is 46.8 Å². The van der Waals surface area contributed by atoms with E-state index in [-0.39, 0.29) is 0 Å². The van der Waals surface area contributed by atoms with Gasteiger partial charge in [0.25, 0.3) is 0 Å². The molecule has 2 fully saturated rings. The van der Waals surface area contributed by atoms with Gasteiger partial charge in [-0.3, -0.25) is 0 Å². The average Bonchev–Trinajstić information content (AvgIpc) is 3.09. The van der Waals surface area contributed by atoms with Gasteiger partial charge < -0.3 is 15.4 Å². The van der Waals surface area contributed by atoms with E-state index in [1.807, 2.05) is 6.07 Å². The fraction of sp³-hybridized carbons (Fsp3) is 0.562. The summed E-state index contributed by atoms with van der Waals surface area (Å²) in [4.78, 5) is 4.67. The summed E-state index contributed by atoms with van der Waals surface area (Å²) < 4.78 is 5.88. The van der Waals surface area contributed by atoms with Crippen molar-refractivity contribution in [2.75, 3.05) is 6.54 Å². The van der Waals surface area contributed by atoms with Gasteiger partial charge in [-0.2, -0.15) is 0 Å². The molecular formula is C16H23N3O. The fourth-order valence-corrected chi connectivity index (χ4v) is 3.04. The van der Waals surface area contributed by atoms with Crippen molar-refractivity contribution in [3.05, 3.63) is 35.9 Å². The van der Waals surface area contributed by atoms with Crippen molar-refractivity contribution in [1.29, 1.82) is 0 Å². The summed E-state index contributed by atoms with van der Waals surface area (Å²) in [5.74, 6) is 0.900. The lowest BCUT2D eigenvalue weighted by Crippen LogP contribution is -2.47. The lowest BCUT2D eigenvalue weighted by atomic mass is 9.96. The summed E-state index contributed by atoms with van der Waals surface area (Å²) in [6.45, 7) is 3.68. The summed E-state index contributed by atoms with van der Waals surface area (Å²) >= 11 is 0. The second kappa shape index (κ2) is 6.27. The molecule has 1 aromatic rings. The van der Waals surface area contributed by atoms with Gasteiger partial charge in [0.1, 0.15) is 0 Å². The molecule has 2 bridgehead atoms. The van der Waals surface area contributed by atoms with Crippen molar-refractivity contribution < 1.29 is 4.74 Å². The number of aliphatic imine (C=N–C) groups is 1. The van der Waals surface area contributed by atoms with Crippen molar-refractivity contribution in [3.8, 4) is 0 Å². The first-order valence-corrected chi connectivity index (χ1v) is 7.59. The third-order valence-electron chi connectivity index (χ3n) is 4.03. The Labute approximate surface area is 120 Å². The molecule has 0 saturated carbocycles. The van der Waals surface area contributed by atoms with Crippen LogP contribution in [-0.2, 0) is 11.3 Å². The Kier molecular flexibility index (Phi) is 4.21. The first kappa shape index (κ1) is 13.4.